The van der Waals surface area contributed by atoms with Gasteiger partial charge in [0.05, 0.1) is 30.5 Å². The molecule has 0 fully saturated rings. The minimum absolute atomic E-state index is 0. The number of hydrogen-bond acceptors (Lipinski definition) is 4. The average Bonchev–Trinajstić information content (AvgIpc) is 3.84. The van der Waals surface area contributed by atoms with E-state index in [-0.39, 0.29) is 31.9 Å². The van der Waals surface area contributed by atoms with Gasteiger partial charge in [-0.2, -0.15) is 0 Å². The van der Waals surface area contributed by atoms with E-state index in [2.05, 4.69) is 136 Å². The molecule has 9 aromatic rings. The van der Waals surface area contributed by atoms with Gasteiger partial charge in [0.25, 0.3) is 0 Å². The number of aromatic nitrogens is 4. The molecule has 4 aromatic heterocycles. The van der Waals surface area contributed by atoms with Crippen molar-refractivity contribution in [3.05, 3.63) is 162 Å². The number of pyridine rings is 2. The number of para-hydroxylation sites is 2. The molecule has 0 bridgehead atoms. The predicted molar refractivity (Wildman–Crippen MR) is 254 cm³/mol. The number of imidazole rings is 1. The molecule has 9 rings (SSSR count). The first-order valence-electron chi connectivity index (χ1n) is 22.7. The van der Waals surface area contributed by atoms with Crippen LogP contribution in [0, 0.1) is 19.0 Å². The molecule has 0 aliphatic heterocycles. The molecule has 0 aliphatic rings. The fourth-order valence-corrected chi connectivity index (χ4v) is 8.72. The Kier molecular flexibility index (Phi) is 11.3. The van der Waals surface area contributed by atoms with Crippen molar-refractivity contribution in [3.8, 4) is 39.5 Å². The van der Waals surface area contributed by atoms with Crippen LogP contribution >= 0.6 is 0 Å². The fourth-order valence-electron chi connectivity index (χ4n) is 7.68. The van der Waals surface area contributed by atoms with Crippen LogP contribution in [0.1, 0.15) is 87.1 Å². The Bertz CT molecular complexity index is 3020. The molecule has 0 saturated heterocycles. The number of fused-ring (bicyclic) bond motifs is 4. The molecule has 0 saturated carbocycles. The summed E-state index contributed by atoms with van der Waals surface area (Å²) in [6.45, 7) is 17.5. The second-order valence-corrected chi connectivity index (χ2v) is 22.4. The van der Waals surface area contributed by atoms with Crippen molar-refractivity contribution >= 4 is 46.4 Å². The van der Waals surface area contributed by atoms with Crippen LogP contribution in [0.3, 0.4) is 0 Å². The average molecular weight is 999 g/mol. The fraction of sp³-hybridized carbons (Fsp3) is 0.241. The Morgan fingerprint density at radius 2 is 1.46 bits per heavy atom. The quantitative estimate of drug-likeness (QED) is 0.112. The van der Waals surface area contributed by atoms with Gasteiger partial charge in [0.2, 0.25) is 5.71 Å². The van der Waals surface area contributed by atoms with Crippen LogP contribution in [-0.2, 0) is 20.1 Å². The first kappa shape index (κ1) is 38.5. The topological polar surface area (TPSA) is 56.7 Å². The van der Waals surface area contributed by atoms with Gasteiger partial charge >= 0.3 is 0 Å². The normalized spacial score (nSPS) is 13.1. The van der Waals surface area contributed by atoms with Crippen molar-refractivity contribution in [3.63, 3.8) is 0 Å². The van der Waals surface area contributed by atoms with Crippen molar-refractivity contribution in [1.29, 1.82) is 0 Å². The Balaban J connectivity index is 0.000000253. The van der Waals surface area contributed by atoms with Gasteiger partial charge in [0, 0.05) is 48.6 Å². The first-order chi connectivity index (χ1) is 30.3. The van der Waals surface area contributed by atoms with E-state index >= 15 is 0 Å². The Morgan fingerprint density at radius 1 is 0.738 bits per heavy atom. The summed E-state index contributed by atoms with van der Waals surface area (Å²) in [5.41, 5.74) is 12.7. The molecule has 311 valence electrons. The van der Waals surface area contributed by atoms with Crippen molar-refractivity contribution in [2.24, 2.45) is 0 Å². The van der Waals surface area contributed by atoms with E-state index in [1.165, 1.54) is 33.5 Å². The maximum atomic E-state index is 8.50. The van der Waals surface area contributed by atoms with Gasteiger partial charge in [-0.25, -0.2) is 4.98 Å². The molecule has 5 nitrogen and oxygen atoms in total. The number of rotatable bonds is 8. The molecule has 0 amide bonds. The van der Waals surface area contributed by atoms with Gasteiger partial charge in [-0.3, -0.25) is 4.98 Å². The zero-order valence-electron chi connectivity index (χ0n) is 40.3. The second kappa shape index (κ2) is 17.9. The molecular weight excluding hydrogens is 941 g/mol. The van der Waals surface area contributed by atoms with Crippen molar-refractivity contribution in [1.82, 2.24) is 19.5 Å². The minimum Gasteiger partial charge on any atom is -0.486 e. The van der Waals surface area contributed by atoms with Crippen LogP contribution in [0.4, 0.5) is 0 Å². The summed E-state index contributed by atoms with van der Waals surface area (Å²) in [6, 6.07) is 47.1. The van der Waals surface area contributed by atoms with Crippen LogP contribution in [-0.4, -0.2) is 27.6 Å². The Morgan fingerprint density at radius 3 is 2.08 bits per heavy atom. The first-order valence-corrected chi connectivity index (χ1v) is 24.2. The van der Waals surface area contributed by atoms with E-state index in [1.54, 1.807) is 12.1 Å². The van der Waals surface area contributed by atoms with Crippen LogP contribution < -0.4 is 5.19 Å². The van der Waals surface area contributed by atoms with E-state index < -0.39 is 20.8 Å². The third-order valence-electron chi connectivity index (χ3n) is 11.1. The van der Waals surface area contributed by atoms with Crippen LogP contribution in [0.5, 0.6) is 0 Å². The van der Waals surface area contributed by atoms with Crippen molar-refractivity contribution in [2.45, 2.75) is 85.8 Å². The molecule has 0 aliphatic carbocycles. The minimum atomic E-state index is -2.08. The third kappa shape index (κ3) is 8.83. The van der Waals surface area contributed by atoms with E-state index in [1.807, 2.05) is 56.4 Å². The standard InChI is InChI=1S/C39H36N3O.C15H18NSi.Ir/c1-23(2)31-21-27(26-13-8-7-9-14-26)22-32(24(3)4)36(31)42-35-18-11-10-17-34(35)40-38(42)30-16-12-15-28-29-19-20-33(25(5)6)41-39(29)43-37(28)30;1-12-5-7-13(8-6-12)15-10-9-14(11-16-15)17(2,3)4;/h7-15,17-25H,1-6H3;5-7,9-11H,1-4H3;/q2*-1;/i25D;1D3;. The Hall–Kier alpha value is -5.46. The molecule has 0 spiro atoms. The van der Waals surface area contributed by atoms with Crippen LogP contribution in [0.25, 0.3) is 72.6 Å². The summed E-state index contributed by atoms with van der Waals surface area (Å²) in [7, 11) is -1.34. The monoisotopic (exact) mass is 999 g/mol. The maximum Gasteiger partial charge on any atom is 0.216 e. The van der Waals surface area contributed by atoms with E-state index in [0.717, 1.165) is 50.1 Å². The zero-order chi connectivity index (χ0) is 45.7. The zero-order valence-corrected chi connectivity index (χ0v) is 39.7. The van der Waals surface area contributed by atoms with Gasteiger partial charge in [0.15, 0.2) is 0 Å². The Labute approximate surface area is 381 Å². The molecule has 7 heteroatoms. The van der Waals surface area contributed by atoms with E-state index in [4.69, 9.17) is 19.9 Å². The van der Waals surface area contributed by atoms with Crippen LogP contribution in [0.2, 0.25) is 19.6 Å². The number of benzene rings is 5. The summed E-state index contributed by atoms with van der Waals surface area (Å²) in [5, 5.41) is 3.19. The molecule has 1 radical (unpaired) electrons. The molecule has 0 atom stereocenters. The molecule has 4 heterocycles. The van der Waals surface area contributed by atoms with Crippen molar-refractivity contribution in [2.75, 3.05) is 0 Å². The third-order valence-corrected chi connectivity index (χ3v) is 13.1. The van der Waals surface area contributed by atoms with E-state index in [9.17, 15) is 0 Å². The summed E-state index contributed by atoms with van der Waals surface area (Å²) >= 11 is 0. The largest absolute Gasteiger partial charge is 0.486 e. The summed E-state index contributed by atoms with van der Waals surface area (Å²) in [4.78, 5) is 14.5. The SMILES string of the molecule is [2H]C(C)(C)c1ccc2c(n1)oc1c(-c3nc4ccccc4n3-c3c(C(C)C)cc(-c4ccccc4)cc3C(C)C)[c-]ccc12.[2H]C([2H])([2H])c1c[c-]c(-c2ccc([Si](C)(C)C)cn2)cc1.[Ir]. The summed E-state index contributed by atoms with van der Waals surface area (Å²) in [5.74, 6) is 0.486. The molecular formula is C54H54IrN4OSi-2. The van der Waals surface area contributed by atoms with Gasteiger partial charge in [-0.1, -0.05) is 134 Å². The maximum absolute atomic E-state index is 8.50. The number of furan rings is 1. The number of aryl methyl sites for hydroxylation is 1. The smallest absolute Gasteiger partial charge is 0.216 e. The molecule has 0 N–H and O–H groups in total. The molecule has 61 heavy (non-hydrogen) atoms. The van der Waals surface area contributed by atoms with Crippen LogP contribution in [0.15, 0.2) is 132 Å². The van der Waals surface area contributed by atoms with E-state index in [0.29, 0.717) is 22.6 Å². The summed E-state index contributed by atoms with van der Waals surface area (Å²) in [6.07, 6.45) is 1.92. The van der Waals surface area contributed by atoms with Gasteiger partial charge in [0.1, 0.15) is 0 Å². The van der Waals surface area contributed by atoms with Crippen molar-refractivity contribution < 1.29 is 30.0 Å². The number of nitrogens with zero attached hydrogens (tertiary/aromatic N) is 4. The molecule has 0 unspecified atom stereocenters. The van der Waals surface area contributed by atoms with Gasteiger partial charge in [-0.15, -0.1) is 53.6 Å². The van der Waals surface area contributed by atoms with Gasteiger partial charge in [-0.05, 0) is 87.3 Å². The number of hydrogen-bond donors (Lipinski definition) is 0. The second-order valence-electron chi connectivity index (χ2n) is 17.4. The predicted octanol–water partition coefficient (Wildman–Crippen LogP) is 14.2. The molecule has 5 aromatic carbocycles. The van der Waals surface area contributed by atoms with Gasteiger partial charge < -0.3 is 14.0 Å². The summed E-state index contributed by atoms with van der Waals surface area (Å²) < 4.78 is 39.4.